The third-order valence-electron chi connectivity index (χ3n) is 11.5. The molecule has 0 fully saturated rings. The van der Waals surface area contributed by atoms with Gasteiger partial charge in [-0.05, 0) is 77.0 Å². The molecule has 66 heavy (non-hydrogen) atoms. The van der Waals surface area contributed by atoms with Crippen molar-refractivity contribution in [1.29, 1.82) is 0 Å². The van der Waals surface area contributed by atoms with E-state index in [-0.39, 0.29) is 42.7 Å². The van der Waals surface area contributed by atoms with Crippen molar-refractivity contribution in [2.24, 2.45) is 0 Å². The van der Waals surface area contributed by atoms with Gasteiger partial charge in [0.05, 0.1) is 34.4 Å². The van der Waals surface area contributed by atoms with E-state index in [0.717, 1.165) is 57.8 Å². The first kappa shape index (κ1) is 62.5. The largest absolute Gasteiger partial charge is 0.477 e. The molecule has 0 amide bonds. The summed E-state index contributed by atoms with van der Waals surface area (Å²) in [5, 5.41) is 9.66. The minimum Gasteiger partial charge on any atom is -0.477 e. The molecule has 0 heterocycles. The summed E-state index contributed by atoms with van der Waals surface area (Å²) in [6, 6.07) is -0.631. The van der Waals surface area contributed by atoms with Gasteiger partial charge in [0.1, 0.15) is 6.61 Å². The lowest BCUT2D eigenvalue weighted by molar-refractivity contribution is -0.887. The van der Waals surface area contributed by atoms with Crippen molar-refractivity contribution in [1.82, 2.24) is 0 Å². The Kier molecular flexibility index (Phi) is 45.4. The topological polar surface area (TPSA) is 99.1 Å². The monoisotopic (exact) mass is 923 g/mol. The maximum absolute atomic E-state index is 12.8. The molecular formula is C58H100NO7+. The van der Waals surface area contributed by atoms with Gasteiger partial charge in [0.2, 0.25) is 0 Å². The van der Waals surface area contributed by atoms with Crippen molar-refractivity contribution in [2.45, 2.75) is 225 Å². The Morgan fingerprint density at radius 2 is 0.879 bits per heavy atom. The summed E-state index contributed by atoms with van der Waals surface area (Å²) in [5.41, 5.74) is 0. The number of hydrogen-bond acceptors (Lipinski definition) is 6. The number of quaternary nitrogens is 1. The van der Waals surface area contributed by atoms with E-state index < -0.39 is 18.1 Å². The van der Waals surface area contributed by atoms with Gasteiger partial charge >= 0.3 is 17.9 Å². The Labute approximate surface area is 405 Å². The van der Waals surface area contributed by atoms with Gasteiger partial charge in [-0.25, -0.2) is 4.79 Å². The first-order chi connectivity index (χ1) is 32.1. The molecule has 0 rings (SSSR count). The lowest BCUT2D eigenvalue weighted by atomic mass is 10.0. The van der Waals surface area contributed by atoms with Crippen molar-refractivity contribution in [3.05, 3.63) is 85.1 Å². The summed E-state index contributed by atoms with van der Waals surface area (Å²) in [6.45, 7) is 4.55. The highest BCUT2D eigenvalue weighted by Gasteiger charge is 2.31. The minimum absolute atomic E-state index is 0.0320. The molecule has 0 saturated carbocycles. The molecule has 0 bridgehead atoms. The predicted molar refractivity (Wildman–Crippen MR) is 280 cm³/mol. The molecule has 2 atom stereocenters. The third-order valence-corrected chi connectivity index (χ3v) is 11.5. The lowest BCUT2D eigenvalue weighted by Crippen LogP contribution is -2.50. The van der Waals surface area contributed by atoms with Crippen LogP contribution in [-0.4, -0.2) is 80.6 Å². The zero-order valence-electron chi connectivity index (χ0n) is 43.1. The molecule has 0 aromatic carbocycles. The number of rotatable bonds is 47. The molecule has 0 aromatic rings. The number of carbonyl (C=O) groups excluding carboxylic acids is 2. The number of likely N-dealkylation sites (N-methyl/N-ethyl adjacent to an activating group) is 1. The highest BCUT2D eigenvalue weighted by atomic mass is 16.6. The number of unbranched alkanes of at least 4 members (excludes halogenated alkanes) is 19. The third kappa shape index (κ3) is 45.7. The Bertz CT molecular complexity index is 1350. The van der Waals surface area contributed by atoms with Crippen LogP contribution in [0.15, 0.2) is 85.1 Å². The van der Waals surface area contributed by atoms with Crippen molar-refractivity contribution >= 4 is 17.9 Å². The van der Waals surface area contributed by atoms with E-state index in [1.807, 2.05) is 33.3 Å². The van der Waals surface area contributed by atoms with E-state index in [0.29, 0.717) is 19.3 Å². The fraction of sp³-hybridized carbons (Fsp3) is 0.707. The normalized spacial score (nSPS) is 13.5. The number of carbonyl (C=O) groups is 3. The highest BCUT2D eigenvalue weighted by molar-refractivity contribution is 5.72. The van der Waals surface area contributed by atoms with Crippen molar-refractivity contribution in [3.8, 4) is 0 Å². The average molecular weight is 923 g/mol. The summed E-state index contributed by atoms with van der Waals surface area (Å²) < 4.78 is 17.3. The number of allylic oxidation sites excluding steroid dienone is 14. The number of esters is 2. The predicted octanol–water partition coefficient (Wildman–Crippen LogP) is 15.6. The average Bonchev–Trinajstić information content (AvgIpc) is 3.28. The summed E-state index contributed by atoms with van der Waals surface area (Å²) in [4.78, 5) is 37.2. The molecule has 8 heteroatoms. The zero-order valence-corrected chi connectivity index (χ0v) is 43.1. The Morgan fingerprint density at radius 3 is 1.32 bits per heavy atom. The highest BCUT2D eigenvalue weighted by Crippen LogP contribution is 2.15. The number of nitrogens with zero attached hydrogens (tertiary/aromatic N) is 1. The van der Waals surface area contributed by atoms with Gasteiger partial charge < -0.3 is 23.8 Å². The molecule has 0 radical (unpaired) electrons. The van der Waals surface area contributed by atoms with E-state index in [4.69, 9.17) is 14.2 Å². The van der Waals surface area contributed by atoms with Crippen LogP contribution in [0.3, 0.4) is 0 Å². The number of carboxylic acids is 1. The van der Waals surface area contributed by atoms with E-state index in [1.165, 1.54) is 116 Å². The number of hydrogen-bond donors (Lipinski definition) is 1. The van der Waals surface area contributed by atoms with Gasteiger partial charge in [-0.1, -0.05) is 202 Å². The molecule has 0 aliphatic rings. The molecule has 0 aromatic heterocycles. The molecule has 0 aliphatic heterocycles. The standard InChI is InChI=1S/C58H99NO7/c1-6-8-10-12-14-16-18-20-22-24-26-27-28-29-31-33-35-37-39-41-43-45-47-49-57(61)66-54(52-64-51-50-55(58(62)63)59(3,4)5)53-65-56(60)48-46-44-42-40-38-36-34-32-30-25-23-21-19-17-15-13-11-9-7-2/h9,11,15,17,21,23,29-32,36,38,42,44,54-55H,6-8,10,12-14,16,18-20,22,24-28,33-35,37,39-41,43,45-53H2,1-5H3/p+1/b11-9+,17-15+,23-21+,31-29+,32-30+,38-36+,44-42+. The Balaban J connectivity index is 4.33. The summed E-state index contributed by atoms with van der Waals surface area (Å²) in [6.07, 6.45) is 63.7. The van der Waals surface area contributed by atoms with Crippen LogP contribution in [0.1, 0.15) is 213 Å². The summed E-state index contributed by atoms with van der Waals surface area (Å²) in [5.74, 6) is -1.58. The molecular weight excluding hydrogens is 823 g/mol. The minimum atomic E-state index is -0.887. The first-order valence-electron chi connectivity index (χ1n) is 26.6. The van der Waals surface area contributed by atoms with Crippen LogP contribution in [-0.2, 0) is 28.6 Å². The molecule has 8 nitrogen and oxygen atoms in total. The van der Waals surface area contributed by atoms with Gasteiger partial charge in [-0.3, -0.25) is 9.59 Å². The number of ether oxygens (including phenoxy) is 3. The molecule has 0 aliphatic carbocycles. The van der Waals surface area contributed by atoms with Crippen LogP contribution in [0.5, 0.6) is 0 Å². The van der Waals surface area contributed by atoms with Crippen LogP contribution in [0, 0.1) is 0 Å². The SMILES string of the molecule is CC/C=C/C/C=C/C/C=C/C/C=C/C/C=C/C/C=C/CCC(=O)OCC(COCCC(C(=O)O)[N+](C)(C)C)OC(=O)CCCCCCCCC/C=C/CCCCCCCCCCCCCC. The number of aliphatic carboxylic acids is 1. The lowest BCUT2D eigenvalue weighted by Gasteiger charge is -2.31. The second-order valence-corrected chi connectivity index (χ2v) is 18.7. The fourth-order valence-electron chi connectivity index (χ4n) is 7.47. The van der Waals surface area contributed by atoms with Gasteiger partial charge in [-0.2, -0.15) is 0 Å². The van der Waals surface area contributed by atoms with Gasteiger partial charge in [-0.15, -0.1) is 0 Å². The van der Waals surface area contributed by atoms with Crippen molar-refractivity contribution in [2.75, 3.05) is 41.0 Å². The van der Waals surface area contributed by atoms with Gasteiger partial charge in [0.25, 0.3) is 0 Å². The maximum Gasteiger partial charge on any atom is 0.362 e. The summed E-state index contributed by atoms with van der Waals surface area (Å²) >= 11 is 0. The van der Waals surface area contributed by atoms with Crippen LogP contribution in [0.25, 0.3) is 0 Å². The number of carboxylic acid groups (broad SMARTS) is 1. The van der Waals surface area contributed by atoms with Crippen LogP contribution in [0.2, 0.25) is 0 Å². The van der Waals surface area contributed by atoms with E-state index in [1.54, 1.807) is 0 Å². The van der Waals surface area contributed by atoms with Crippen LogP contribution < -0.4 is 0 Å². The van der Waals surface area contributed by atoms with Gasteiger partial charge in [0.15, 0.2) is 12.1 Å². The molecule has 0 saturated heterocycles. The molecule has 1 N–H and O–H groups in total. The first-order valence-corrected chi connectivity index (χ1v) is 26.6. The van der Waals surface area contributed by atoms with E-state index in [9.17, 15) is 19.5 Å². The summed E-state index contributed by atoms with van der Waals surface area (Å²) in [7, 11) is 5.51. The van der Waals surface area contributed by atoms with E-state index >= 15 is 0 Å². The van der Waals surface area contributed by atoms with Gasteiger partial charge in [0, 0.05) is 19.3 Å². The molecule has 2 unspecified atom stereocenters. The molecule has 0 spiro atoms. The van der Waals surface area contributed by atoms with Crippen LogP contribution >= 0.6 is 0 Å². The molecule has 378 valence electrons. The van der Waals surface area contributed by atoms with E-state index in [2.05, 4.69) is 86.8 Å². The Morgan fingerprint density at radius 1 is 0.470 bits per heavy atom. The van der Waals surface area contributed by atoms with Crippen molar-refractivity contribution < 1.29 is 38.2 Å². The smallest absolute Gasteiger partial charge is 0.362 e. The maximum atomic E-state index is 12.8. The van der Waals surface area contributed by atoms with Crippen LogP contribution in [0.4, 0.5) is 0 Å². The second-order valence-electron chi connectivity index (χ2n) is 18.7. The Hall–Kier alpha value is -3.49. The zero-order chi connectivity index (χ0) is 48.4. The quantitative estimate of drug-likeness (QED) is 0.0281. The van der Waals surface area contributed by atoms with Crippen molar-refractivity contribution in [3.63, 3.8) is 0 Å². The second kappa shape index (κ2) is 48.0. The fourth-order valence-corrected chi connectivity index (χ4v) is 7.47.